The third-order valence-electron chi connectivity index (χ3n) is 6.84. The second-order valence-corrected chi connectivity index (χ2v) is 11.9. The van der Waals surface area contributed by atoms with Gasteiger partial charge in [0.25, 0.3) is 0 Å². The number of hydrogen-bond donors (Lipinski definition) is 0. The number of hydrogen-bond acceptors (Lipinski definition) is 2. The quantitative estimate of drug-likeness (QED) is 0.0741. The van der Waals surface area contributed by atoms with E-state index >= 15 is 0 Å². The Morgan fingerprint density at radius 2 is 1.20 bits per heavy atom. The number of halogens is 3. The molecule has 0 radical (unpaired) electrons. The standard InChI is InChI=1S/C30H51F2IO2/c1-5-9-16-24(13-6-2)17-12-18-25(14-7-3)23-35-28-21-20-27(29(31)30(28)32)34-22-11-10-19-26(33)15-8-4/h20-21,24-26H,5-19,22-23H2,1-4H3. The molecule has 0 aliphatic heterocycles. The minimum atomic E-state index is -0.939. The van der Waals surface area contributed by atoms with Crippen molar-refractivity contribution in [2.24, 2.45) is 11.8 Å². The van der Waals surface area contributed by atoms with E-state index in [-0.39, 0.29) is 11.5 Å². The van der Waals surface area contributed by atoms with Gasteiger partial charge < -0.3 is 9.47 Å². The summed E-state index contributed by atoms with van der Waals surface area (Å²) in [6.45, 7) is 9.74. The van der Waals surface area contributed by atoms with Crippen molar-refractivity contribution in [3.63, 3.8) is 0 Å². The molecule has 1 aromatic rings. The van der Waals surface area contributed by atoms with E-state index < -0.39 is 11.6 Å². The fourth-order valence-electron chi connectivity index (χ4n) is 4.80. The lowest BCUT2D eigenvalue weighted by molar-refractivity contribution is 0.211. The minimum absolute atomic E-state index is 0.00456. The lowest BCUT2D eigenvalue weighted by atomic mass is 9.89. The summed E-state index contributed by atoms with van der Waals surface area (Å²) in [6, 6.07) is 3.02. The highest BCUT2D eigenvalue weighted by atomic mass is 127. The molecule has 0 aromatic heterocycles. The van der Waals surface area contributed by atoms with Gasteiger partial charge in [-0.15, -0.1) is 0 Å². The van der Waals surface area contributed by atoms with Gasteiger partial charge in [0.1, 0.15) is 0 Å². The number of rotatable bonds is 22. The number of unbranched alkanes of at least 4 members (excludes halogenated alkanes) is 2. The van der Waals surface area contributed by atoms with Crippen LogP contribution in [0.1, 0.15) is 124 Å². The van der Waals surface area contributed by atoms with Gasteiger partial charge in [-0.05, 0) is 62.5 Å². The van der Waals surface area contributed by atoms with Crippen LogP contribution in [0.5, 0.6) is 11.5 Å². The molecule has 0 saturated heterocycles. The normalized spacial score (nSPS) is 14.0. The van der Waals surface area contributed by atoms with E-state index in [9.17, 15) is 8.78 Å². The van der Waals surface area contributed by atoms with E-state index in [0.29, 0.717) is 23.1 Å². The zero-order valence-corrected chi connectivity index (χ0v) is 25.0. The molecule has 0 bridgehead atoms. The second kappa shape index (κ2) is 20.5. The van der Waals surface area contributed by atoms with Gasteiger partial charge >= 0.3 is 0 Å². The van der Waals surface area contributed by atoms with Gasteiger partial charge in [-0.25, -0.2) is 0 Å². The average molecular weight is 609 g/mol. The topological polar surface area (TPSA) is 18.5 Å². The monoisotopic (exact) mass is 608 g/mol. The van der Waals surface area contributed by atoms with Crippen molar-refractivity contribution in [2.45, 2.75) is 128 Å². The second-order valence-electron chi connectivity index (χ2n) is 10.1. The van der Waals surface area contributed by atoms with Crippen LogP contribution in [0.2, 0.25) is 0 Å². The molecule has 0 spiro atoms. The molecule has 0 aliphatic carbocycles. The fourth-order valence-corrected chi connectivity index (χ4v) is 5.86. The lowest BCUT2D eigenvalue weighted by Gasteiger charge is -2.20. The van der Waals surface area contributed by atoms with Gasteiger partial charge in [-0.2, -0.15) is 8.78 Å². The molecular formula is C30H51F2IO2. The Kier molecular flexibility index (Phi) is 19.0. The Morgan fingerprint density at radius 3 is 1.83 bits per heavy atom. The molecule has 5 heteroatoms. The van der Waals surface area contributed by atoms with Crippen molar-refractivity contribution in [1.29, 1.82) is 0 Å². The van der Waals surface area contributed by atoms with E-state index in [0.717, 1.165) is 44.4 Å². The van der Waals surface area contributed by atoms with Crippen LogP contribution in [-0.2, 0) is 0 Å². The van der Waals surface area contributed by atoms with Crippen LogP contribution in [0.3, 0.4) is 0 Å². The Balaban J connectivity index is 2.50. The fraction of sp³-hybridized carbons (Fsp3) is 0.800. The molecule has 2 nitrogen and oxygen atoms in total. The molecule has 1 aromatic carbocycles. The predicted molar refractivity (Wildman–Crippen MR) is 154 cm³/mol. The highest BCUT2D eigenvalue weighted by molar-refractivity contribution is 14.1. The molecule has 204 valence electrons. The summed E-state index contributed by atoms with van der Waals surface area (Å²) >= 11 is 2.49. The van der Waals surface area contributed by atoms with Crippen molar-refractivity contribution in [3.8, 4) is 11.5 Å². The van der Waals surface area contributed by atoms with Gasteiger partial charge in [0.05, 0.1) is 13.2 Å². The average Bonchev–Trinajstić information content (AvgIpc) is 2.84. The van der Waals surface area contributed by atoms with Gasteiger partial charge in [-0.1, -0.05) is 108 Å². The first kappa shape index (κ1) is 32.4. The summed E-state index contributed by atoms with van der Waals surface area (Å²) < 4.78 is 41.2. The van der Waals surface area contributed by atoms with Crippen LogP contribution in [0.25, 0.3) is 0 Å². The molecule has 0 heterocycles. The molecule has 0 aliphatic rings. The first-order valence-corrected chi connectivity index (χ1v) is 15.6. The van der Waals surface area contributed by atoms with Crippen LogP contribution in [0.4, 0.5) is 8.78 Å². The summed E-state index contributed by atoms with van der Waals surface area (Å²) in [5.41, 5.74) is 0. The van der Waals surface area contributed by atoms with Crippen LogP contribution < -0.4 is 9.47 Å². The largest absolute Gasteiger partial charge is 0.490 e. The zero-order chi connectivity index (χ0) is 25.9. The SMILES string of the molecule is CCCCC(CCC)CCCC(CCC)COc1ccc(OCCCCC(I)CCC)c(F)c1F. The highest BCUT2D eigenvalue weighted by Crippen LogP contribution is 2.29. The van der Waals surface area contributed by atoms with Gasteiger partial charge in [0.2, 0.25) is 11.6 Å². The maximum absolute atomic E-state index is 14.6. The van der Waals surface area contributed by atoms with Crippen molar-refractivity contribution in [2.75, 3.05) is 13.2 Å². The Bertz CT molecular complexity index is 655. The van der Waals surface area contributed by atoms with Crippen molar-refractivity contribution in [1.82, 2.24) is 0 Å². The van der Waals surface area contributed by atoms with Gasteiger partial charge in [-0.3, -0.25) is 0 Å². The third-order valence-corrected chi connectivity index (χ3v) is 8.09. The smallest absolute Gasteiger partial charge is 0.204 e. The van der Waals surface area contributed by atoms with Crippen molar-refractivity contribution in [3.05, 3.63) is 23.8 Å². The summed E-state index contributed by atoms with van der Waals surface area (Å²) in [5, 5.41) is 0. The highest BCUT2D eigenvalue weighted by Gasteiger charge is 2.18. The third kappa shape index (κ3) is 14.1. The van der Waals surface area contributed by atoms with Crippen LogP contribution in [0, 0.1) is 23.5 Å². The lowest BCUT2D eigenvalue weighted by Crippen LogP contribution is -2.14. The molecule has 35 heavy (non-hydrogen) atoms. The van der Waals surface area contributed by atoms with Crippen LogP contribution >= 0.6 is 22.6 Å². The molecule has 0 fully saturated rings. The summed E-state index contributed by atoms with van der Waals surface area (Å²) in [5.74, 6) is -0.701. The van der Waals surface area contributed by atoms with E-state index in [4.69, 9.17) is 9.47 Å². The summed E-state index contributed by atoms with van der Waals surface area (Å²) in [7, 11) is 0. The number of ether oxygens (including phenoxy) is 2. The molecule has 3 unspecified atom stereocenters. The molecule has 0 saturated carbocycles. The Hall–Kier alpha value is -0.590. The first-order chi connectivity index (χ1) is 17.0. The zero-order valence-electron chi connectivity index (χ0n) is 22.9. The molecular weight excluding hydrogens is 557 g/mol. The maximum Gasteiger partial charge on any atom is 0.204 e. The molecule has 1 rings (SSSR count). The number of alkyl halides is 1. The van der Waals surface area contributed by atoms with E-state index in [1.54, 1.807) is 0 Å². The van der Waals surface area contributed by atoms with Crippen LogP contribution in [0.15, 0.2) is 12.1 Å². The van der Waals surface area contributed by atoms with Crippen molar-refractivity contribution < 1.29 is 18.3 Å². The van der Waals surface area contributed by atoms with Gasteiger partial charge in [0, 0.05) is 3.92 Å². The summed E-state index contributed by atoms with van der Waals surface area (Å²) in [4.78, 5) is 0. The van der Waals surface area contributed by atoms with Gasteiger partial charge in [0.15, 0.2) is 11.5 Å². The van der Waals surface area contributed by atoms with E-state index in [1.807, 2.05) is 0 Å². The molecule has 0 N–H and O–H groups in total. The van der Waals surface area contributed by atoms with Crippen LogP contribution in [-0.4, -0.2) is 17.1 Å². The molecule has 3 atom stereocenters. The first-order valence-electron chi connectivity index (χ1n) is 14.3. The minimum Gasteiger partial charge on any atom is -0.490 e. The summed E-state index contributed by atoms with van der Waals surface area (Å²) in [6.07, 6.45) is 17.6. The molecule has 0 amide bonds. The van der Waals surface area contributed by atoms with E-state index in [2.05, 4.69) is 50.3 Å². The Labute approximate surface area is 228 Å². The predicted octanol–water partition coefficient (Wildman–Crippen LogP) is 10.7. The van der Waals surface area contributed by atoms with Crippen molar-refractivity contribution >= 4 is 22.6 Å². The number of benzene rings is 1. The van der Waals surface area contributed by atoms with E-state index in [1.165, 1.54) is 69.9 Å². The maximum atomic E-state index is 14.6. The Morgan fingerprint density at radius 1 is 0.629 bits per heavy atom.